The number of aromatic nitrogens is 3. The Morgan fingerprint density at radius 1 is 1.17 bits per heavy atom. The summed E-state index contributed by atoms with van der Waals surface area (Å²) in [5.74, 6) is -0.512. The number of benzene rings is 1. The van der Waals surface area contributed by atoms with E-state index in [0.717, 1.165) is 23.1 Å². The molecule has 1 atom stereocenters. The van der Waals surface area contributed by atoms with Gasteiger partial charge in [-0.25, -0.2) is 19.6 Å². The molecule has 1 aliphatic rings. The molecule has 248 valence electrons. The van der Waals surface area contributed by atoms with Crippen molar-refractivity contribution in [2.45, 2.75) is 32.5 Å². The fraction of sp³-hybridized carbons (Fsp3) is 0.355. The standard InChI is InChI=1S/C31H32F3N7O5S/c1-4-35-29(44)38-25-11-19(27-37-24(16-47-27)31(32,33)34)21(12-36-25)18-7-8-23-20(10-18)26(42)22(28(43)39(2)3)15-41(23)14-17-6-5-9-40(13-17)30(45)46/h7-8,10-12,15-17H,4-6,9,13-14H2,1-3H3,(H,45,46)(H2,35,36,38,44)/t17-/m1/s1. The number of alkyl halides is 3. The number of pyridine rings is 2. The molecule has 3 N–H and O–H groups in total. The van der Waals surface area contributed by atoms with Crippen LogP contribution in [0, 0.1) is 5.92 Å². The summed E-state index contributed by atoms with van der Waals surface area (Å²) in [6.07, 6.45) is -1.38. The molecule has 5 rings (SSSR count). The van der Waals surface area contributed by atoms with Gasteiger partial charge in [-0.3, -0.25) is 14.9 Å². The van der Waals surface area contributed by atoms with Crippen molar-refractivity contribution >= 4 is 46.1 Å². The zero-order chi connectivity index (χ0) is 34.0. The molecule has 16 heteroatoms. The number of nitrogens with one attached hydrogen (secondary N) is 2. The van der Waals surface area contributed by atoms with Crippen LogP contribution in [0.25, 0.3) is 32.6 Å². The molecule has 1 fully saturated rings. The Morgan fingerprint density at radius 2 is 1.94 bits per heavy atom. The second-order valence-corrected chi connectivity index (χ2v) is 12.2. The van der Waals surface area contributed by atoms with Crippen molar-refractivity contribution < 1.29 is 32.7 Å². The van der Waals surface area contributed by atoms with Gasteiger partial charge in [-0.05, 0) is 49.4 Å². The van der Waals surface area contributed by atoms with Crippen molar-refractivity contribution in [3.05, 3.63) is 63.5 Å². The maximum atomic E-state index is 13.8. The highest BCUT2D eigenvalue weighted by Gasteiger charge is 2.34. The van der Waals surface area contributed by atoms with Gasteiger partial charge in [-0.2, -0.15) is 13.2 Å². The number of fused-ring (bicyclic) bond motifs is 1. The molecule has 4 amide bonds. The summed E-state index contributed by atoms with van der Waals surface area (Å²) in [7, 11) is 3.05. The lowest BCUT2D eigenvalue weighted by Crippen LogP contribution is -2.40. The summed E-state index contributed by atoms with van der Waals surface area (Å²) in [4.78, 5) is 61.4. The van der Waals surface area contributed by atoms with E-state index >= 15 is 0 Å². The van der Waals surface area contributed by atoms with Gasteiger partial charge >= 0.3 is 18.3 Å². The van der Waals surface area contributed by atoms with E-state index in [0.29, 0.717) is 49.2 Å². The molecular formula is C31H32F3N7O5S. The molecule has 3 aromatic heterocycles. The van der Waals surface area contributed by atoms with Gasteiger partial charge in [0.15, 0.2) is 5.69 Å². The minimum absolute atomic E-state index is 0.0167. The fourth-order valence-corrected chi connectivity index (χ4v) is 6.41. The van der Waals surface area contributed by atoms with Crippen molar-refractivity contribution in [1.82, 2.24) is 29.7 Å². The number of piperidine rings is 1. The minimum atomic E-state index is -4.67. The number of halogens is 3. The number of hydrogen-bond donors (Lipinski definition) is 3. The summed E-state index contributed by atoms with van der Waals surface area (Å²) in [5, 5.41) is 15.7. The average Bonchev–Trinajstić information content (AvgIpc) is 3.53. The number of hydrogen-bond acceptors (Lipinski definition) is 7. The van der Waals surface area contributed by atoms with Crippen LogP contribution in [0.4, 0.5) is 28.6 Å². The molecule has 0 radical (unpaired) electrons. The summed E-state index contributed by atoms with van der Waals surface area (Å²) in [6, 6.07) is 5.78. The number of likely N-dealkylation sites (tertiary alicyclic amines) is 1. The number of anilines is 1. The van der Waals surface area contributed by atoms with Crippen LogP contribution < -0.4 is 16.1 Å². The molecule has 0 bridgehead atoms. The molecule has 4 heterocycles. The zero-order valence-corrected chi connectivity index (χ0v) is 26.5. The lowest BCUT2D eigenvalue weighted by Gasteiger charge is -2.31. The molecule has 47 heavy (non-hydrogen) atoms. The van der Waals surface area contributed by atoms with Gasteiger partial charge in [0.05, 0.1) is 5.52 Å². The van der Waals surface area contributed by atoms with Crippen LogP contribution in [-0.2, 0) is 12.7 Å². The third-order valence-corrected chi connectivity index (χ3v) is 8.66. The van der Waals surface area contributed by atoms with E-state index in [1.54, 1.807) is 29.7 Å². The van der Waals surface area contributed by atoms with Gasteiger partial charge in [-0.15, -0.1) is 11.3 Å². The van der Waals surface area contributed by atoms with Gasteiger partial charge in [0.2, 0.25) is 5.43 Å². The maximum absolute atomic E-state index is 13.8. The number of rotatable bonds is 7. The Bertz CT molecular complexity index is 1910. The summed E-state index contributed by atoms with van der Waals surface area (Å²) in [5.41, 5.74) is -0.193. The predicted octanol–water partition coefficient (Wildman–Crippen LogP) is 5.44. The number of thiazole rings is 1. The highest BCUT2D eigenvalue weighted by molar-refractivity contribution is 7.13. The highest BCUT2D eigenvalue weighted by Crippen LogP contribution is 2.39. The average molecular weight is 672 g/mol. The van der Waals surface area contributed by atoms with E-state index in [9.17, 15) is 37.5 Å². The number of carboxylic acid groups (broad SMARTS) is 1. The van der Waals surface area contributed by atoms with Gasteiger partial charge in [0.25, 0.3) is 5.91 Å². The van der Waals surface area contributed by atoms with E-state index in [-0.39, 0.29) is 33.3 Å². The van der Waals surface area contributed by atoms with E-state index in [2.05, 4.69) is 20.6 Å². The summed E-state index contributed by atoms with van der Waals surface area (Å²) >= 11 is 0.768. The molecule has 1 aromatic carbocycles. The van der Waals surface area contributed by atoms with Crippen LogP contribution in [0.2, 0.25) is 0 Å². The number of amides is 4. The van der Waals surface area contributed by atoms with Gasteiger partial charge < -0.3 is 24.8 Å². The topological polar surface area (TPSA) is 150 Å². The predicted molar refractivity (Wildman–Crippen MR) is 171 cm³/mol. The first kappa shape index (κ1) is 33.4. The second-order valence-electron chi connectivity index (χ2n) is 11.3. The number of urea groups is 1. The number of carbonyl (C=O) groups excluding carboxylic acids is 2. The lowest BCUT2D eigenvalue weighted by atomic mass is 9.96. The minimum Gasteiger partial charge on any atom is -0.465 e. The number of carbonyl (C=O) groups is 3. The first-order valence-electron chi connectivity index (χ1n) is 14.7. The first-order valence-corrected chi connectivity index (χ1v) is 15.6. The van der Waals surface area contributed by atoms with Crippen molar-refractivity contribution in [2.75, 3.05) is 39.0 Å². The van der Waals surface area contributed by atoms with Crippen LogP contribution in [0.3, 0.4) is 0 Å². The van der Waals surface area contributed by atoms with Crippen molar-refractivity contribution in [1.29, 1.82) is 0 Å². The molecule has 0 spiro atoms. The van der Waals surface area contributed by atoms with Crippen LogP contribution in [-0.4, -0.2) is 81.2 Å². The normalized spacial score (nSPS) is 15.0. The van der Waals surface area contributed by atoms with Crippen LogP contribution in [0.1, 0.15) is 35.8 Å². The Balaban J connectivity index is 1.65. The smallest absolute Gasteiger partial charge is 0.434 e. The third kappa shape index (κ3) is 7.21. The molecule has 1 saturated heterocycles. The van der Waals surface area contributed by atoms with E-state index in [1.165, 1.54) is 42.4 Å². The summed E-state index contributed by atoms with van der Waals surface area (Å²) < 4.78 is 42.2. The lowest BCUT2D eigenvalue weighted by molar-refractivity contribution is -0.140. The van der Waals surface area contributed by atoms with Crippen molar-refractivity contribution in [3.63, 3.8) is 0 Å². The molecule has 0 aliphatic carbocycles. The molecule has 0 unspecified atom stereocenters. The molecule has 0 saturated carbocycles. The van der Waals surface area contributed by atoms with Gasteiger partial charge in [-0.1, -0.05) is 6.07 Å². The molecule has 1 aliphatic heterocycles. The maximum Gasteiger partial charge on any atom is 0.434 e. The van der Waals surface area contributed by atoms with Crippen molar-refractivity contribution in [2.24, 2.45) is 5.92 Å². The van der Waals surface area contributed by atoms with Crippen LogP contribution in [0.5, 0.6) is 0 Å². The third-order valence-electron chi connectivity index (χ3n) is 7.78. The Hall–Kier alpha value is -4.99. The largest absolute Gasteiger partial charge is 0.465 e. The SMILES string of the molecule is CCNC(=O)Nc1cc(-c2nc(C(F)(F)F)cs2)c(-c2ccc3c(c2)c(=O)c(C(=O)N(C)C)cn3C[C@@H]2CCCN(C(=O)O)C2)cn1. The monoisotopic (exact) mass is 671 g/mol. The fourth-order valence-electron chi connectivity index (χ4n) is 5.55. The molecule has 12 nitrogen and oxygen atoms in total. The summed E-state index contributed by atoms with van der Waals surface area (Å²) in [6.45, 7) is 3.14. The second kappa shape index (κ2) is 13.4. The highest BCUT2D eigenvalue weighted by atomic mass is 32.1. The van der Waals surface area contributed by atoms with E-state index < -0.39 is 35.3 Å². The molecular weight excluding hydrogens is 639 g/mol. The quantitative estimate of drug-likeness (QED) is 0.237. The zero-order valence-electron chi connectivity index (χ0n) is 25.7. The molecule has 4 aromatic rings. The van der Waals surface area contributed by atoms with Crippen LogP contribution in [0.15, 0.2) is 46.8 Å². The van der Waals surface area contributed by atoms with Crippen molar-refractivity contribution in [3.8, 4) is 21.7 Å². The van der Waals surface area contributed by atoms with Crippen LogP contribution >= 0.6 is 11.3 Å². The van der Waals surface area contributed by atoms with Gasteiger partial charge in [0.1, 0.15) is 16.4 Å². The van der Waals surface area contributed by atoms with E-state index in [4.69, 9.17) is 0 Å². The Morgan fingerprint density at radius 3 is 2.60 bits per heavy atom. The number of nitrogens with zero attached hydrogens (tertiary/aromatic N) is 5. The van der Waals surface area contributed by atoms with Gasteiger partial charge in [0, 0.05) is 74.6 Å². The van der Waals surface area contributed by atoms with E-state index in [1.807, 2.05) is 0 Å². The first-order chi connectivity index (χ1) is 22.3. The Labute approximate surface area is 270 Å². The Kier molecular flexibility index (Phi) is 9.51.